The van der Waals surface area contributed by atoms with Crippen LogP contribution >= 0.6 is 0 Å². The molecule has 0 bridgehead atoms. The highest BCUT2D eigenvalue weighted by atomic mass is 16.3. The van der Waals surface area contributed by atoms with Gasteiger partial charge in [0.15, 0.2) is 0 Å². The summed E-state index contributed by atoms with van der Waals surface area (Å²) in [6, 6.07) is 8.60. The number of ketones is 1. The first kappa shape index (κ1) is 14.2. The van der Waals surface area contributed by atoms with Gasteiger partial charge < -0.3 is 15.9 Å². The van der Waals surface area contributed by atoms with Crippen LogP contribution in [0.5, 0.6) is 0 Å². The number of aliphatic hydroxyl groups excluding tert-OH is 2. The molecule has 0 radical (unpaired) electrons. The van der Waals surface area contributed by atoms with Gasteiger partial charge in [0, 0.05) is 6.04 Å². The smallest absolute Gasteiger partial charge is 0.146 e. The van der Waals surface area contributed by atoms with E-state index >= 15 is 0 Å². The first-order valence-electron chi connectivity index (χ1n) is 6.65. The normalized spacial score (nSPS) is 27.2. The average Bonchev–Trinajstić information content (AvgIpc) is 3.08. The summed E-state index contributed by atoms with van der Waals surface area (Å²) in [4.78, 5) is 11.8. The second kappa shape index (κ2) is 5.41. The van der Waals surface area contributed by atoms with Gasteiger partial charge in [-0.25, -0.2) is 0 Å². The van der Waals surface area contributed by atoms with Crippen LogP contribution in [0.3, 0.4) is 0 Å². The van der Waals surface area contributed by atoms with E-state index in [9.17, 15) is 15.0 Å². The molecule has 5 atom stereocenters. The monoisotopic (exact) mass is 263 g/mol. The third kappa shape index (κ3) is 2.71. The van der Waals surface area contributed by atoms with Crippen LogP contribution in [0.1, 0.15) is 25.5 Å². The van der Waals surface area contributed by atoms with E-state index in [-0.39, 0.29) is 11.7 Å². The van der Waals surface area contributed by atoms with Crippen molar-refractivity contribution in [2.75, 3.05) is 0 Å². The summed E-state index contributed by atoms with van der Waals surface area (Å²) in [5.41, 5.74) is 6.58. The number of carbonyl (C=O) groups excluding carboxylic acids is 1. The SMILES string of the molecule is CC(C)[C@H](N)C(O)C1C(=O)C1C(O)c1ccccc1. The van der Waals surface area contributed by atoms with Crippen LogP contribution in [-0.4, -0.2) is 28.1 Å². The van der Waals surface area contributed by atoms with E-state index in [1.165, 1.54) is 0 Å². The highest BCUT2D eigenvalue weighted by molar-refractivity contribution is 6.00. The summed E-state index contributed by atoms with van der Waals surface area (Å²) in [6.45, 7) is 3.81. The fraction of sp³-hybridized carbons (Fsp3) is 0.533. The maximum absolute atomic E-state index is 11.8. The molecule has 1 saturated carbocycles. The van der Waals surface area contributed by atoms with E-state index < -0.39 is 30.1 Å². The maximum Gasteiger partial charge on any atom is 0.146 e. The minimum absolute atomic E-state index is 0.0953. The number of aliphatic hydroxyl groups is 2. The molecule has 1 aliphatic rings. The molecule has 4 unspecified atom stereocenters. The molecule has 0 aromatic heterocycles. The van der Waals surface area contributed by atoms with Crippen molar-refractivity contribution in [1.82, 2.24) is 0 Å². The van der Waals surface area contributed by atoms with Crippen LogP contribution in [0, 0.1) is 17.8 Å². The van der Waals surface area contributed by atoms with E-state index in [4.69, 9.17) is 5.73 Å². The van der Waals surface area contributed by atoms with Gasteiger partial charge in [-0.05, 0) is 11.5 Å². The van der Waals surface area contributed by atoms with Crippen molar-refractivity contribution >= 4 is 5.78 Å². The third-order valence-electron chi connectivity index (χ3n) is 3.95. The lowest BCUT2D eigenvalue weighted by molar-refractivity contribution is -0.113. The summed E-state index contributed by atoms with van der Waals surface area (Å²) in [7, 11) is 0. The van der Waals surface area contributed by atoms with Gasteiger partial charge in [0.25, 0.3) is 0 Å². The molecule has 104 valence electrons. The average molecular weight is 263 g/mol. The Bertz CT molecular complexity index is 446. The highest BCUT2D eigenvalue weighted by Crippen LogP contribution is 2.46. The van der Waals surface area contributed by atoms with Crippen LogP contribution in [0.25, 0.3) is 0 Å². The third-order valence-corrected chi connectivity index (χ3v) is 3.95. The number of carbonyl (C=O) groups is 1. The summed E-state index contributed by atoms with van der Waals surface area (Å²) in [6.07, 6.45) is -1.73. The molecule has 0 spiro atoms. The fourth-order valence-electron chi connectivity index (χ4n) is 2.50. The Kier molecular flexibility index (Phi) is 4.04. The largest absolute Gasteiger partial charge is 0.391 e. The van der Waals surface area contributed by atoms with Crippen molar-refractivity contribution in [3.05, 3.63) is 35.9 Å². The Labute approximate surface area is 113 Å². The molecule has 2 rings (SSSR count). The van der Waals surface area contributed by atoms with E-state index in [0.29, 0.717) is 5.56 Å². The zero-order valence-corrected chi connectivity index (χ0v) is 11.2. The number of hydrogen-bond donors (Lipinski definition) is 3. The van der Waals surface area contributed by atoms with E-state index in [0.717, 1.165) is 0 Å². The highest BCUT2D eigenvalue weighted by Gasteiger charge is 2.58. The molecule has 0 heterocycles. The van der Waals surface area contributed by atoms with Crippen molar-refractivity contribution in [3.8, 4) is 0 Å². The number of benzene rings is 1. The van der Waals surface area contributed by atoms with E-state index in [1.807, 2.05) is 32.0 Å². The van der Waals surface area contributed by atoms with Crippen LogP contribution < -0.4 is 5.73 Å². The van der Waals surface area contributed by atoms with E-state index in [1.54, 1.807) is 12.1 Å². The van der Waals surface area contributed by atoms with Crippen molar-refractivity contribution in [3.63, 3.8) is 0 Å². The zero-order valence-electron chi connectivity index (χ0n) is 11.2. The van der Waals surface area contributed by atoms with Crippen LogP contribution in [0.4, 0.5) is 0 Å². The Morgan fingerprint density at radius 2 is 1.68 bits per heavy atom. The lowest BCUT2D eigenvalue weighted by Crippen LogP contribution is -2.41. The number of rotatable bonds is 5. The van der Waals surface area contributed by atoms with Gasteiger partial charge in [-0.1, -0.05) is 44.2 Å². The van der Waals surface area contributed by atoms with Crippen molar-refractivity contribution in [2.45, 2.75) is 32.1 Å². The zero-order chi connectivity index (χ0) is 14.2. The van der Waals surface area contributed by atoms with Gasteiger partial charge in [-0.2, -0.15) is 0 Å². The fourth-order valence-corrected chi connectivity index (χ4v) is 2.50. The Balaban J connectivity index is 2.06. The lowest BCUT2D eigenvalue weighted by atomic mass is 9.94. The first-order valence-corrected chi connectivity index (χ1v) is 6.65. The van der Waals surface area contributed by atoms with E-state index in [2.05, 4.69) is 0 Å². The molecule has 19 heavy (non-hydrogen) atoms. The Morgan fingerprint density at radius 1 is 1.11 bits per heavy atom. The summed E-state index contributed by atoms with van der Waals surface area (Å²) in [5.74, 6) is -1.06. The maximum atomic E-state index is 11.8. The molecule has 1 aromatic carbocycles. The topological polar surface area (TPSA) is 83.5 Å². The predicted molar refractivity (Wildman–Crippen MR) is 72.2 cm³/mol. The van der Waals surface area contributed by atoms with Gasteiger partial charge in [-0.15, -0.1) is 0 Å². The van der Waals surface area contributed by atoms with Crippen molar-refractivity contribution in [1.29, 1.82) is 0 Å². The quantitative estimate of drug-likeness (QED) is 0.736. The molecule has 1 aliphatic carbocycles. The molecule has 0 saturated heterocycles. The summed E-state index contributed by atoms with van der Waals surface area (Å²) < 4.78 is 0. The Morgan fingerprint density at radius 3 is 2.21 bits per heavy atom. The Hall–Kier alpha value is -1.23. The number of hydrogen-bond acceptors (Lipinski definition) is 4. The second-order valence-electron chi connectivity index (χ2n) is 5.62. The molecule has 4 N–H and O–H groups in total. The molecule has 4 heteroatoms. The van der Waals surface area contributed by atoms with Gasteiger partial charge in [0.2, 0.25) is 0 Å². The van der Waals surface area contributed by atoms with Gasteiger partial charge in [0.05, 0.1) is 24.0 Å². The minimum atomic E-state index is -0.879. The van der Waals surface area contributed by atoms with Gasteiger partial charge in [-0.3, -0.25) is 4.79 Å². The van der Waals surface area contributed by atoms with Gasteiger partial charge in [0.1, 0.15) is 5.78 Å². The van der Waals surface area contributed by atoms with Crippen molar-refractivity contribution < 1.29 is 15.0 Å². The first-order chi connectivity index (χ1) is 8.95. The molecule has 4 nitrogen and oxygen atoms in total. The van der Waals surface area contributed by atoms with Gasteiger partial charge >= 0.3 is 0 Å². The molecule has 0 amide bonds. The summed E-state index contributed by atoms with van der Waals surface area (Å²) >= 11 is 0. The molecule has 0 aliphatic heterocycles. The molecule has 1 aromatic rings. The van der Waals surface area contributed by atoms with Crippen LogP contribution in [0.2, 0.25) is 0 Å². The summed E-state index contributed by atoms with van der Waals surface area (Å²) in [5, 5.41) is 20.3. The standard InChI is InChI=1S/C15H21NO3/c1-8(2)12(16)15(19)11-10(14(11)18)13(17)9-6-4-3-5-7-9/h3-8,10-13,15,17,19H,16H2,1-2H3/t10?,11?,12-,13?,15?/m0/s1. The molecular weight excluding hydrogens is 242 g/mol. The number of Topliss-reactive ketones (excluding diaryl/α,β-unsaturated/α-hetero) is 1. The predicted octanol–water partition coefficient (Wildman–Crippen LogP) is 0.879. The van der Waals surface area contributed by atoms with Crippen LogP contribution in [-0.2, 0) is 4.79 Å². The minimum Gasteiger partial charge on any atom is -0.391 e. The second-order valence-corrected chi connectivity index (χ2v) is 5.62. The van der Waals surface area contributed by atoms with Crippen LogP contribution in [0.15, 0.2) is 30.3 Å². The lowest BCUT2D eigenvalue weighted by Gasteiger charge is -2.22. The van der Waals surface area contributed by atoms with Crippen molar-refractivity contribution in [2.24, 2.45) is 23.5 Å². The molecular formula is C15H21NO3. The molecule has 1 fully saturated rings. The number of nitrogens with two attached hydrogens (primary N) is 1.